The average Bonchev–Trinajstić information content (AvgIpc) is 2.04. The molecule has 0 atom stereocenters. The molecule has 1 aromatic heterocycles. The minimum Gasteiger partial charge on any atom is -0.345 e. The molecule has 1 heterocycles. The maximum atomic E-state index is 6.74. The SMILES string of the molecule is CC(C)c1cnc(N=N)c(=S)[nH]1. The van der Waals surface area contributed by atoms with Crippen molar-refractivity contribution in [1.29, 1.82) is 5.53 Å². The first-order chi connectivity index (χ1) is 5.65. The molecule has 0 amide bonds. The lowest BCUT2D eigenvalue weighted by molar-refractivity contribution is 0.807. The summed E-state index contributed by atoms with van der Waals surface area (Å²) in [5.41, 5.74) is 7.70. The van der Waals surface area contributed by atoms with Crippen LogP contribution in [0.25, 0.3) is 0 Å². The van der Waals surface area contributed by atoms with Gasteiger partial charge in [0.1, 0.15) is 0 Å². The van der Waals surface area contributed by atoms with E-state index in [0.29, 0.717) is 10.6 Å². The van der Waals surface area contributed by atoms with Crippen LogP contribution in [0.3, 0.4) is 0 Å². The standard InChI is InChI=1S/C7H10N4S/c1-4(2)5-3-9-6(11-8)7(12)10-5/h3-4,8H,1-2H3,(H,10,12). The molecule has 12 heavy (non-hydrogen) atoms. The Morgan fingerprint density at radius 3 is 2.75 bits per heavy atom. The molecule has 2 N–H and O–H groups in total. The van der Waals surface area contributed by atoms with Crippen LogP contribution in [0.1, 0.15) is 25.5 Å². The lowest BCUT2D eigenvalue weighted by Gasteiger charge is -2.03. The molecular weight excluding hydrogens is 172 g/mol. The zero-order valence-corrected chi connectivity index (χ0v) is 7.77. The molecule has 0 radical (unpaired) electrons. The molecule has 0 saturated carbocycles. The predicted molar refractivity (Wildman–Crippen MR) is 48.3 cm³/mol. The van der Waals surface area contributed by atoms with Crippen LogP contribution in [0.2, 0.25) is 0 Å². The fraction of sp³-hybridized carbons (Fsp3) is 0.429. The number of nitrogens with one attached hydrogen (secondary N) is 2. The van der Waals surface area contributed by atoms with Gasteiger partial charge in [-0.1, -0.05) is 26.1 Å². The van der Waals surface area contributed by atoms with E-state index in [1.807, 2.05) is 13.8 Å². The Labute approximate surface area is 75.6 Å². The molecule has 1 aromatic rings. The first kappa shape index (κ1) is 8.99. The van der Waals surface area contributed by atoms with Crippen LogP contribution in [-0.2, 0) is 0 Å². The van der Waals surface area contributed by atoms with Gasteiger partial charge in [-0.15, -0.1) is 5.11 Å². The van der Waals surface area contributed by atoms with Crippen molar-refractivity contribution in [2.45, 2.75) is 19.8 Å². The Kier molecular flexibility index (Phi) is 2.65. The Morgan fingerprint density at radius 2 is 2.33 bits per heavy atom. The third-order valence-corrected chi connectivity index (χ3v) is 1.80. The van der Waals surface area contributed by atoms with Crippen molar-refractivity contribution in [3.8, 4) is 0 Å². The Balaban J connectivity index is 3.19. The van der Waals surface area contributed by atoms with Gasteiger partial charge in [-0.2, -0.15) is 0 Å². The first-order valence-corrected chi connectivity index (χ1v) is 4.02. The molecule has 0 aliphatic carbocycles. The normalized spacial score (nSPS) is 10.2. The Morgan fingerprint density at radius 1 is 1.67 bits per heavy atom. The van der Waals surface area contributed by atoms with Crippen LogP contribution in [0.4, 0.5) is 5.82 Å². The third kappa shape index (κ3) is 1.73. The van der Waals surface area contributed by atoms with Crippen molar-refractivity contribution in [2.24, 2.45) is 5.11 Å². The fourth-order valence-corrected chi connectivity index (χ4v) is 0.998. The topological polar surface area (TPSA) is 64.9 Å². The summed E-state index contributed by atoms with van der Waals surface area (Å²) < 4.78 is 0.427. The molecule has 0 spiro atoms. The van der Waals surface area contributed by atoms with E-state index in [1.165, 1.54) is 0 Å². The molecule has 0 bridgehead atoms. The Bertz CT molecular complexity index is 342. The zero-order valence-electron chi connectivity index (χ0n) is 6.96. The molecule has 0 saturated heterocycles. The lowest BCUT2D eigenvalue weighted by atomic mass is 10.1. The number of rotatable bonds is 2. The largest absolute Gasteiger partial charge is 0.345 e. The molecule has 0 aromatic carbocycles. The third-order valence-electron chi connectivity index (χ3n) is 1.51. The van der Waals surface area contributed by atoms with E-state index in [1.54, 1.807) is 6.20 Å². The van der Waals surface area contributed by atoms with Crippen LogP contribution in [0, 0.1) is 10.2 Å². The fourth-order valence-electron chi connectivity index (χ4n) is 0.782. The van der Waals surface area contributed by atoms with Crippen molar-refractivity contribution in [1.82, 2.24) is 9.97 Å². The molecule has 1 rings (SSSR count). The minimum absolute atomic E-state index is 0.273. The molecule has 0 aliphatic rings. The van der Waals surface area contributed by atoms with Crippen molar-refractivity contribution in [3.05, 3.63) is 16.5 Å². The zero-order chi connectivity index (χ0) is 9.14. The molecule has 5 heteroatoms. The number of aromatic amines is 1. The van der Waals surface area contributed by atoms with Gasteiger partial charge in [0.05, 0.1) is 0 Å². The highest BCUT2D eigenvalue weighted by molar-refractivity contribution is 7.71. The Hall–Kier alpha value is -1.10. The van der Waals surface area contributed by atoms with Crippen LogP contribution < -0.4 is 0 Å². The predicted octanol–water partition coefficient (Wildman–Crippen LogP) is 2.93. The minimum atomic E-state index is 0.273. The van der Waals surface area contributed by atoms with Crippen LogP contribution in [-0.4, -0.2) is 9.97 Å². The molecular formula is C7H10N4S. The summed E-state index contributed by atoms with van der Waals surface area (Å²) in [4.78, 5) is 6.89. The summed E-state index contributed by atoms with van der Waals surface area (Å²) in [5.74, 6) is 0.633. The summed E-state index contributed by atoms with van der Waals surface area (Å²) in [7, 11) is 0. The van der Waals surface area contributed by atoms with Crippen molar-refractivity contribution in [2.75, 3.05) is 0 Å². The van der Waals surface area contributed by atoms with Gasteiger partial charge < -0.3 is 4.98 Å². The van der Waals surface area contributed by atoms with Gasteiger partial charge >= 0.3 is 0 Å². The van der Waals surface area contributed by atoms with Crippen LogP contribution in [0.5, 0.6) is 0 Å². The highest BCUT2D eigenvalue weighted by Gasteiger charge is 2.01. The van der Waals surface area contributed by atoms with Crippen molar-refractivity contribution < 1.29 is 0 Å². The number of hydrogen-bond acceptors (Lipinski definition) is 4. The number of aromatic nitrogens is 2. The van der Waals surface area contributed by atoms with E-state index in [-0.39, 0.29) is 5.82 Å². The van der Waals surface area contributed by atoms with Gasteiger partial charge in [0.15, 0.2) is 4.64 Å². The number of hydrogen-bond donors (Lipinski definition) is 2. The van der Waals surface area contributed by atoms with Crippen LogP contribution in [0.15, 0.2) is 11.3 Å². The highest BCUT2D eigenvalue weighted by atomic mass is 32.1. The lowest BCUT2D eigenvalue weighted by Crippen LogP contribution is -1.93. The summed E-state index contributed by atoms with van der Waals surface area (Å²) in [6.07, 6.45) is 1.66. The van der Waals surface area contributed by atoms with E-state index in [0.717, 1.165) is 5.69 Å². The smallest absolute Gasteiger partial charge is 0.208 e. The van der Waals surface area contributed by atoms with Gasteiger partial charge in [-0.3, -0.25) is 0 Å². The second-order valence-corrected chi connectivity index (χ2v) is 3.17. The van der Waals surface area contributed by atoms with Crippen LogP contribution >= 0.6 is 12.2 Å². The summed E-state index contributed by atoms with van der Waals surface area (Å²) >= 11 is 4.93. The van der Waals surface area contributed by atoms with Gasteiger partial charge in [-0.05, 0) is 5.92 Å². The van der Waals surface area contributed by atoms with E-state index in [4.69, 9.17) is 17.7 Å². The summed E-state index contributed by atoms with van der Waals surface area (Å²) in [5, 5.41) is 3.17. The molecule has 0 fully saturated rings. The maximum absolute atomic E-state index is 6.74. The monoisotopic (exact) mass is 182 g/mol. The summed E-state index contributed by atoms with van der Waals surface area (Å²) in [6.45, 7) is 4.08. The van der Waals surface area contributed by atoms with E-state index >= 15 is 0 Å². The van der Waals surface area contributed by atoms with Crippen molar-refractivity contribution >= 4 is 18.0 Å². The molecule has 4 nitrogen and oxygen atoms in total. The maximum Gasteiger partial charge on any atom is 0.208 e. The van der Waals surface area contributed by atoms with Gasteiger partial charge in [-0.25, -0.2) is 10.5 Å². The quantitative estimate of drug-likeness (QED) is 0.545. The summed E-state index contributed by atoms with van der Waals surface area (Å²) in [6, 6.07) is 0. The van der Waals surface area contributed by atoms with E-state index < -0.39 is 0 Å². The van der Waals surface area contributed by atoms with Gasteiger partial charge in [0.2, 0.25) is 5.82 Å². The second-order valence-electron chi connectivity index (χ2n) is 2.76. The second kappa shape index (κ2) is 3.53. The molecule has 0 unspecified atom stereocenters. The van der Waals surface area contributed by atoms with Gasteiger partial charge in [0.25, 0.3) is 0 Å². The van der Waals surface area contributed by atoms with E-state index in [2.05, 4.69) is 15.1 Å². The van der Waals surface area contributed by atoms with Crippen molar-refractivity contribution in [3.63, 3.8) is 0 Å². The van der Waals surface area contributed by atoms with Gasteiger partial charge in [0, 0.05) is 11.9 Å². The number of H-pyrrole nitrogens is 1. The molecule has 0 aliphatic heterocycles. The number of nitrogens with zero attached hydrogens (tertiary/aromatic N) is 2. The highest BCUT2D eigenvalue weighted by Crippen LogP contribution is 2.13. The van der Waals surface area contributed by atoms with E-state index in [9.17, 15) is 0 Å². The first-order valence-electron chi connectivity index (χ1n) is 3.62. The molecule has 64 valence electrons. The average molecular weight is 182 g/mol.